The molecule has 4 heteroatoms. The second kappa shape index (κ2) is 4.45. The second-order valence-electron chi connectivity index (χ2n) is 4.68. The molecule has 4 aromatic rings. The first-order valence-corrected chi connectivity index (χ1v) is 7.45. The Morgan fingerprint density at radius 1 is 0.600 bits per heavy atom. The smallest absolute Gasteiger partial charge is 0.178 e. The van der Waals surface area contributed by atoms with Crippen molar-refractivity contribution in [3.05, 3.63) is 48.5 Å². The number of hydrogen-bond acceptors (Lipinski definition) is 2. The van der Waals surface area contributed by atoms with Gasteiger partial charge in [0, 0.05) is 21.4 Å². The van der Waals surface area contributed by atoms with Crippen LogP contribution in [0.5, 0.6) is 0 Å². The molecule has 0 aliphatic carbocycles. The summed E-state index contributed by atoms with van der Waals surface area (Å²) in [6.07, 6.45) is 0. The van der Waals surface area contributed by atoms with Crippen LogP contribution in [0.15, 0.2) is 57.4 Å². The van der Waals surface area contributed by atoms with Crippen molar-refractivity contribution >= 4 is 51.0 Å². The van der Waals surface area contributed by atoms with E-state index in [1.54, 1.807) is 0 Å². The molecule has 0 amide bonds. The van der Waals surface area contributed by atoms with Crippen molar-refractivity contribution in [2.45, 2.75) is 0 Å². The Bertz CT molecular complexity index is 856. The summed E-state index contributed by atoms with van der Waals surface area (Å²) in [5.41, 5.74) is 1.75. The van der Waals surface area contributed by atoms with Crippen molar-refractivity contribution in [3.8, 4) is 11.5 Å². The van der Waals surface area contributed by atoms with Gasteiger partial charge in [-0.05, 0) is 12.1 Å². The quantitative estimate of drug-likeness (QED) is 0.499. The lowest BCUT2D eigenvalue weighted by Gasteiger charge is -1.95. The van der Waals surface area contributed by atoms with Crippen LogP contribution in [0, 0.1) is 0 Å². The lowest BCUT2D eigenvalue weighted by Crippen LogP contribution is -1.97. The third kappa shape index (κ3) is 1.66. The molecular weight excluding hydrogens is 286 g/mol. The third-order valence-electron chi connectivity index (χ3n) is 3.47. The molecule has 2 aromatic heterocycles. The van der Waals surface area contributed by atoms with E-state index >= 15 is 0 Å². The van der Waals surface area contributed by atoms with Gasteiger partial charge in [-0.2, -0.15) is 0 Å². The number of fused-ring (bicyclic) bond motifs is 2. The fraction of sp³-hybridized carbons (Fsp3) is 0. The molecule has 0 saturated heterocycles. The van der Waals surface area contributed by atoms with E-state index in [-0.39, 0.29) is 0 Å². The normalized spacial score (nSPS) is 11.5. The molecule has 2 heterocycles. The molecule has 98 valence electrons. The molecule has 20 heavy (non-hydrogen) atoms. The highest BCUT2D eigenvalue weighted by molar-refractivity contribution is 7.30. The summed E-state index contributed by atoms with van der Waals surface area (Å²) in [5, 5.41) is 4.25. The second-order valence-corrected chi connectivity index (χ2v) is 5.84. The Kier molecular flexibility index (Phi) is 2.70. The van der Waals surface area contributed by atoms with Crippen molar-refractivity contribution in [2.75, 3.05) is 0 Å². The summed E-state index contributed by atoms with van der Waals surface area (Å²) in [6.45, 7) is 0. The zero-order valence-corrected chi connectivity index (χ0v) is 12.9. The van der Waals surface area contributed by atoms with E-state index < -0.39 is 0 Å². The molecule has 4 rings (SSSR count). The number of hydrogen-bond donors (Lipinski definition) is 0. The van der Waals surface area contributed by atoms with Crippen molar-refractivity contribution < 1.29 is 8.83 Å². The molecule has 0 aliphatic rings. The molecular formula is C16H12O2P2. The number of benzene rings is 2. The van der Waals surface area contributed by atoms with Gasteiger partial charge in [0.15, 0.2) is 11.5 Å². The van der Waals surface area contributed by atoms with Crippen LogP contribution >= 0.6 is 18.5 Å². The van der Waals surface area contributed by atoms with E-state index in [0.29, 0.717) is 0 Å². The van der Waals surface area contributed by atoms with Gasteiger partial charge < -0.3 is 8.83 Å². The standard InChI is InChI=1S/C16H12O2P2/c19-15-9-5-1-3-7-11(9)17-13(15)14-16(20)10-6-2-4-8-12(10)18-14/h1-8H,19-20H2. The Morgan fingerprint density at radius 2 is 1.00 bits per heavy atom. The first-order chi connectivity index (χ1) is 9.75. The summed E-state index contributed by atoms with van der Waals surface area (Å²) >= 11 is 0. The van der Waals surface area contributed by atoms with Crippen LogP contribution < -0.4 is 10.6 Å². The minimum atomic E-state index is 0.775. The molecule has 2 unspecified atom stereocenters. The number of furan rings is 2. The van der Waals surface area contributed by atoms with Crippen molar-refractivity contribution in [1.82, 2.24) is 0 Å². The zero-order valence-electron chi connectivity index (χ0n) is 10.6. The van der Waals surface area contributed by atoms with Crippen LogP contribution in [0.3, 0.4) is 0 Å². The molecule has 0 aliphatic heterocycles. The number of para-hydroxylation sites is 2. The molecule has 0 bridgehead atoms. The van der Waals surface area contributed by atoms with Gasteiger partial charge in [0.05, 0.1) is 0 Å². The van der Waals surface area contributed by atoms with Crippen LogP contribution in [-0.2, 0) is 0 Å². The van der Waals surface area contributed by atoms with Gasteiger partial charge in [0.2, 0.25) is 0 Å². The van der Waals surface area contributed by atoms with E-state index in [2.05, 4.69) is 30.6 Å². The highest BCUT2D eigenvalue weighted by Crippen LogP contribution is 2.31. The maximum absolute atomic E-state index is 5.97. The minimum Gasteiger partial charge on any atom is -0.452 e. The van der Waals surface area contributed by atoms with E-state index in [4.69, 9.17) is 8.83 Å². The molecule has 0 radical (unpaired) electrons. The predicted molar refractivity (Wildman–Crippen MR) is 90.1 cm³/mol. The summed E-state index contributed by atoms with van der Waals surface area (Å²) < 4.78 is 11.9. The van der Waals surface area contributed by atoms with Gasteiger partial charge in [-0.15, -0.1) is 18.5 Å². The Labute approximate surface area is 120 Å². The first-order valence-electron chi connectivity index (χ1n) is 6.30. The Hall–Kier alpha value is -1.62. The minimum absolute atomic E-state index is 0.775. The summed E-state index contributed by atoms with van der Waals surface area (Å²) in [7, 11) is 5.51. The molecule has 0 N–H and O–H groups in total. The fourth-order valence-corrected chi connectivity index (χ4v) is 3.33. The van der Waals surface area contributed by atoms with Crippen LogP contribution in [-0.4, -0.2) is 0 Å². The Balaban J connectivity index is 2.06. The van der Waals surface area contributed by atoms with Gasteiger partial charge in [0.25, 0.3) is 0 Å². The van der Waals surface area contributed by atoms with Crippen molar-refractivity contribution in [2.24, 2.45) is 0 Å². The molecule has 2 aromatic carbocycles. The van der Waals surface area contributed by atoms with Crippen LogP contribution in [0.2, 0.25) is 0 Å². The van der Waals surface area contributed by atoms with Crippen molar-refractivity contribution in [3.63, 3.8) is 0 Å². The monoisotopic (exact) mass is 298 g/mol. The third-order valence-corrected chi connectivity index (χ3v) is 4.62. The SMILES string of the molecule is Pc1c(-c2oc3ccccc3c2P)oc2ccccc12. The molecule has 0 spiro atoms. The molecule has 2 atom stereocenters. The van der Waals surface area contributed by atoms with Crippen LogP contribution in [0.1, 0.15) is 0 Å². The maximum atomic E-state index is 5.97. The van der Waals surface area contributed by atoms with Crippen molar-refractivity contribution in [1.29, 1.82) is 0 Å². The molecule has 2 nitrogen and oxygen atoms in total. The average Bonchev–Trinajstić information content (AvgIpc) is 2.98. The zero-order chi connectivity index (χ0) is 13.7. The lowest BCUT2D eigenvalue weighted by atomic mass is 10.2. The van der Waals surface area contributed by atoms with E-state index in [0.717, 1.165) is 44.1 Å². The van der Waals surface area contributed by atoms with E-state index in [9.17, 15) is 0 Å². The van der Waals surface area contributed by atoms with Crippen LogP contribution in [0.4, 0.5) is 0 Å². The van der Waals surface area contributed by atoms with Gasteiger partial charge >= 0.3 is 0 Å². The van der Waals surface area contributed by atoms with Gasteiger partial charge in [-0.1, -0.05) is 36.4 Å². The maximum Gasteiger partial charge on any atom is 0.178 e. The van der Waals surface area contributed by atoms with E-state index in [1.165, 1.54) is 0 Å². The fourth-order valence-electron chi connectivity index (χ4n) is 2.47. The highest BCUT2D eigenvalue weighted by Gasteiger charge is 2.19. The van der Waals surface area contributed by atoms with Gasteiger partial charge in [-0.3, -0.25) is 0 Å². The Morgan fingerprint density at radius 3 is 1.40 bits per heavy atom. The molecule has 0 saturated carbocycles. The van der Waals surface area contributed by atoms with Gasteiger partial charge in [0.1, 0.15) is 11.2 Å². The van der Waals surface area contributed by atoms with Crippen LogP contribution in [0.25, 0.3) is 33.5 Å². The molecule has 0 fully saturated rings. The summed E-state index contributed by atoms with van der Waals surface area (Å²) in [6, 6.07) is 16.0. The first kappa shape index (κ1) is 12.1. The largest absolute Gasteiger partial charge is 0.452 e. The topological polar surface area (TPSA) is 26.3 Å². The van der Waals surface area contributed by atoms with Gasteiger partial charge in [-0.25, -0.2) is 0 Å². The number of rotatable bonds is 1. The summed E-state index contributed by atoms with van der Waals surface area (Å²) in [4.78, 5) is 0. The predicted octanol–water partition coefficient (Wildman–Crippen LogP) is 3.85. The average molecular weight is 298 g/mol. The lowest BCUT2D eigenvalue weighted by molar-refractivity contribution is 0.573. The highest BCUT2D eigenvalue weighted by atomic mass is 31.0. The summed E-state index contributed by atoms with van der Waals surface area (Å²) in [5.74, 6) is 1.55. The van der Waals surface area contributed by atoms with E-state index in [1.807, 2.05) is 36.4 Å².